The van der Waals surface area contributed by atoms with Crippen LogP contribution in [0.3, 0.4) is 0 Å². The summed E-state index contributed by atoms with van der Waals surface area (Å²) in [5, 5.41) is 3.94. The van der Waals surface area contributed by atoms with Crippen LogP contribution in [0.15, 0.2) is 24.3 Å². The Morgan fingerprint density at radius 3 is 2.57 bits per heavy atom. The molecule has 158 valence electrons. The van der Waals surface area contributed by atoms with E-state index in [-0.39, 0.29) is 12.5 Å². The highest BCUT2D eigenvalue weighted by Gasteiger charge is 2.30. The number of carbonyl (C=O) groups is 2. The van der Waals surface area contributed by atoms with E-state index in [9.17, 15) is 9.59 Å². The average Bonchev–Trinajstić information content (AvgIpc) is 3.24. The topological polar surface area (TPSA) is 69.6 Å². The molecule has 0 spiro atoms. The van der Waals surface area contributed by atoms with Gasteiger partial charge in [-0.05, 0) is 55.9 Å². The monoisotopic (exact) mass is 426 g/mol. The fraction of sp³-hybridized carbons (Fsp3) is 0.391. The quantitative estimate of drug-likeness (QED) is 0.576. The first kappa shape index (κ1) is 20.5. The highest BCUT2D eigenvalue weighted by Crippen LogP contribution is 2.44. The number of esters is 1. The molecule has 0 unspecified atom stereocenters. The Morgan fingerprint density at radius 1 is 1.17 bits per heavy atom. The lowest BCUT2D eigenvalue weighted by atomic mass is 9.96. The zero-order valence-electron chi connectivity index (χ0n) is 17.5. The third-order valence-corrected chi connectivity index (χ3v) is 6.74. The molecule has 3 aromatic rings. The minimum atomic E-state index is -0.414. The summed E-state index contributed by atoms with van der Waals surface area (Å²) in [7, 11) is 1.64. The number of methoxy groups -OCH3 is 1. The van der Waals surface area contributed by atoms with Gasteiger partial charge in [-0.25, -0.2) is 4.79 Å². The maximum atomic E-state index is 13.0. The molecule has 0 bridgehead atoms. The molecule has 4 rings (SSSR count). The first-order chi connectivity index (χ1) is 14.5. The van der Waals surface area contributed by atoms with Crippen molar-refractivity contribution in [2.45, 2.75) is 46.1 Å². The number of nitrogens with one attached hydrogen (secondary N) is 1. The van der Waals surface area contributed by atoms with E-state index in [2.05, 4.69) is 5.32 Å². The van der Waals surface area contributed by atoms with Gasteiger partial charge in [-0.1, -0.05) is 12.1 Å². The molecule has 0 aliphatic heterocycles. The van der Waals surface area contributed by atoms with Crippen LogP contribution < -0.4 is 10.1 Å². The number of anilines is 1. The van der Waals surface area contributed by atoms with Crippen molar-refractivity contribution in [3.8, 4) is 5.75 Å². The van der Waals surface area contributed by atoms with E-state index >= 15 is 0 Å². The third kappa shape index (κ3) is 3.69. The lowest BCUT2D eigenvalue weighted by molar-refractivity contribution is -0.114. The van der Waals surface area contributed by atoms with E-state index in [0.717, 1.165) is 40.8 Å². The van der Waals surface area contributed by atoms with Crippen LogP contribution in [-0.4, -0.2) is 30.2 Å². The van der Waals surface area contributed by atoms with E-state index in [1.807, 2.05) is 28.8 Å². The van der Waals surface area contributed by atoms with Gasteiger partial charge >= 0.3 is 5.97 Å². The van der Waals surface area contributed by atoms with Crippen molar-refractivity contribution in [1.29, 1.82) is 0 Å². The normalized spacial score (nSPS) is 13.2. The molecule has 1 N–H and O–H groups in total. The smallest absolute Gasteiger partial charge is 0.357 e. The van der Waals surface area contributed by atoms with Crippen LogP contribution in [-0.2, 0) is 28.9 Å². The first-order valence-electron chi connectivity index (χ1n) is 10.3. The van der Waals surface area contributed by atoms with Gasteiger partial charge in [0.05, 0.1) is 19.4 Å². The standard InChI is InChI=1S/C23H26N2O4S/c1-4-29-23(27)21-20(24-14(2)26)19-17-7-5-6-8-18(17)30-22(19)25(21)13-15-9-11-16(28-3)12-10-15/h9-12H,4-8,13H2,1-3H3,(H,24,26). The zero-order chi connectivity index (χ0) is 21.3. The summed E-state index contributed by atoms with van der Waals surface area (Å²) in [6, 6.07) is 7.80. The highest BCUT2D eigenvalue weighted by atomic mass is 32.1. The number of aromatic nitrogens is 1. The van der Waals surface area contributed by atoms with E-state index < -0.39 is 5.97 Å². The maximum absolute atomic E-state index is 13.0. The fourth-order valence-corrected chi connectivity index (χ4v) is 5.53. The van der Waals surface area contributed by atoms with Gasteiger partial charge in [-0.3, -0.25) is 4.79 Å². The maximum Gasteiger partial charge on any atom is 0.357 e. The van der Waals surface area contributed by atoms with Crippen LogP contribution in [0.2, 0.25) is 0 Å². The lowest BCUT2D eigenvalue weighted by Gasteiger charge is -2.14. The van der Waals surface area contributed by atoms with Crippen molar-refractivity contribution in [2.24, 2.45) is 0 Å². The number of carbonyl (C=O) groups excluding carboxylic acids is 2. The van der Waals surface area contributed by atoms with E-state index in [1.54, 1.807) is 25.4 Å². The van der Waals surface area contributed by atoms with Crippen molar-refractivity contribution < 1.29 is 19.1 Å². The number of rotatable bonds is 6. The van der Waals surface area contributed by atoms with Gasteiger partial charge < -0.3 is 19.4 Å². The number of hydrogen-bond donors (Lipinski definition) is 1. The van der Waals surface area contributed by atoms with Crippen LogP contribution in [0.5, 0.6) is 5.75 Å². The SMILES string of the molecule is CCOC(=O)c1c(NC(C)=O)c2c3c(sc2n1Cc1ccc(OC)cc1)CCCC3. The van der Waals surface area contributed by atoms with Crippen molar-refractivity contribution in [3.05, 3.63) is 46.0 Å². The summed E-state index contributed by atoms with van der Waals surface area (Å²) in [5.74, 6) is 0.176. The van der Waals surface area contributed by atoms with Gasteiger partial charge in [0.2, 0.25) is 5.91 Å². The predicted octanol–water partition coefficient (Wildman–Crippen LogP) is 4.77. The minimum Gasteiger partial charge on any atom is -0.497 e. The van der Waals surface area contributed by atoms with Gasteiger partial charge in [0.15, 0.2) is 5.69 Å². The molecule has 2 aromatic heterocycles. The van der Waals surface area contributed by atoms with Gasteiger partial charge in [-0.15, -0.1) is 11.3 Å². The van der Waals surface area contributed by atoms with Crippen LogP contribution in [0.1, 0.15) is 53.2 Å². The molecule has 7 heteroatoms. The van der Waals surface area contributed by atoms with Gasteiger partial charge in [0.25, 0.3) is 0 Å². The van der Waals surface area contributed by atoms with Gasteiger partial charge in [0, 0.05) is 23.7 Å². The number of thiophene rings is 1. The molecule has 30 heavy (non-hydrogen) atoms. The number of benzene rings is 1. The number of fused-ring (bicyclic) bond motifs is 3. The summed E-state index contributed by atoms with van der Waals surface area (Å²) in [4.78, 5) is 27.4. The highest BCUT2D eigenvalue weighted by molar-refractivity contribution is 7.19. The van der Waals surface area contributed by atoms with E-state index in [1.165, 1.54) is 23.8 Å². The first-order valence-corrected chi connectivity index (χ1v) is 11.1. The molecule has 1 amide bonds. The second-order valence-corrected chi connectivity index (χ2v) is 8.53. The average molecular weight is 427 g/mol. The molecule has 1 aromatic carbocycles. The van der Waals surface area contributed by atoms with Crippen LogP contribution in [0.25, 0.3) is 10.2 Å². The summed E-state index contributed by atoms with van der Waals surface area (Å²) < 4.78 is 12.6. The van der Waals surface area contributed by atoms with Crippen molar-refractivity contribution in [2.75, 3.05) is 19.0 Å². The molecule has 0 fully saturated rings. The second-order valence-electron chi connectivity index (χ2n) is 7.45. The minimum absolute atomic E-state index is 0.195. The Kier molecular flexibility index (Phi) is 5.81. The Hall–Kier alpha value is -2.80. The number of amides is 1. The Balaban J connectivity index is 1.92. The van der Waals surface area contributed by atoms with Crippen molar-refractivity contribution in [3.63, 3.8) is 0 Å². The number of aryl methyl sites for hydroxylation is 2. The third-order valence-electron chi connectivity index (χ3n) is 5.42. The Labute approximate surface area is 179 Å². The van der Waals surface area contributed by atoms with Crippen molar-refractivity contribution in [1.82, 2.24) is 4.57 Å². The molecule has 1 aliphatic carbocycles. The van der Waals surface area contributed by atoms with E-state index in [0.29, 0.717) is 17.9 Å². The molecular formula is C23H26N2O4S. The van der Waals surface area contributed by atoms with Crippen LogP contribution >= 0.6 is 11.3 Å². The van der Waals surface area contributed by atoms with Gasteiger partial charge in [-0.2, -0.15) is 0 Å². The predicted molar refractivity (Wildman–Crippen MR) is 119 cm³/mol. The molecular weight excluding hydrogens is 400 g/mol. The summed E-state index contributed by atoms with van der Waals surface area (Å²) in [6.45, 7) is 4.04. The summed E-state index contributed by atoms with van der Waals surface area (Å²) >= 11 is 1.73. The molecule has 0 saturated carbocycles. The molecule has 1 aliphatic rings. The Morgan fingerprint density at radius 2 is 1.90 bits per heavy atom. The molecule has 0 atom stereocenters. The number of nitrogens with zero attached hydrogens (tertiary/aromatic N) is 1. The second kappa shape index (κ2) is 8.52. The molecule has 6 nitrogen and oxygen atoms in total. The molecule has 0 saturated heterocycles. The van der Waals surface area contributed by atoms with Gasteiger partial charge in [0.1, 0.15) is 10.6 Å². The van der Waals surface area contributed by atoms with Crippen molar-refractivity contribution >= 4 is 39.1 Å². The molecule has 2 heterocycles. The Bertz CT molecular complexity index is 1100. The lowest BCUT2D eigenvalue weighted by Crippen LogP contribution is -2.17. The number of hydrogen-bond acceptors (Lipinski definition) is 5. The molecule has 0 radical (unpaired) electrons. The number of ether oxygens (including phenoxy) is 2. The van der Waals surface area contributed by atoms with Crippen LogP contribution in [0.4, 0.5) is 5.69 Å². The largest absolute Gasteiger partial charge is 0.497 e. The zero-order valence-corrected chi connectivity index (χ0v) is 18.4. The fourth-order valence-electron chi connectivity index (χ4n) is 4.13. The summed E-state index contributed by atoms with van der Waals surface area (Å²) in [5.41, 5.74) is 3.31. The van der Waals surface area contributed by atoms with Crippen LogP contribution in [0, 0.1) is 0 Å². The van der Waals surface area contributed by atoms with E-state index in [4.69, 9.17) is 9.47 Å². The summed E-state index contributed by atoms with van der Waals surface area (Å²) in [6.07, 6.45) is 4.31.